The van der Waals surface area contributed by atoms with Crippen LogP contribution in [0.15, 0.2) is 60.7 Å². The van der Waals surface area contributed by atoms with E-state index in [0.29, 0.717) is 26.1 Å². The number of para-hydroxylation sites is 1. The first-order valence-electron chi connectivity index (χ1n) is 10.4. The molecule has 1 fully saturated rings. The van der Waals surface area contributed by atoms with Crippen LogP contribution in [0.3, 0.4) is 0 Å². The average Bonchev–Trinajstić information content (AvgIpc) is 2.77. The van der Waals surface area contributed by atoms with E-state index in [9.17, 15) is 9.59 Å². The fraction of sp³-hybridized carbons (Fsp3) is 0.417. The lowest BCUT2D eigenvalue weighted by Gasteiger charge is -2.34. The zero-order valence-electron chi connectivity index (χ0n) is 16.7. The molecule has 2 amide bonds. The van der Waals surface area contributed by atoms with Crippen molar-refractivity contribution in [3.8, 4) is 0 Å². The van der Waals surface area contributed by atoms with Crippen LogP contribution in [-0.2, 0) is 16.1 Å². The predicted molar refractivity (Wildman–Crippen MR) is 113 cm³/mol. The van der Waals surface area contributed by atoms with Crippen molar-refractivity contribution in [3.05, 3.63) is 66.2 Å². The first-order chi connectivity index (χ1) is 13.7. The Hall–Kier alpha value is -2.62. The molecule has 148 valence electrons. The van der Waals surface area contributed by atoms with Crippen molar-refractivity contribution >= 4 is 17.5 Å². The monoisotopic (exact) mass is 378 g/mol. The lowest BCUT2D eigenvalue weighted by molar-refractivity contribution is -0.135. The number of carbonyl (C=O) groups excluding carboxylic acids is 2. The third kappa shape index (κ3) is 5.22. The van der Waals surface area contributed by atoms with E-state index in [-0.39, 0.29) is 17.7 Å². The molecule has 0 bridgehead atoms. The molecule has 2 aromatic carbocycles. The van der Waals surface area contributed by atoms with Crippen molar-refractivity contribution in [2.24, 2.45) is 5.92 Å². The number of anilines is 1. The maximum absolute atomic E-state index is 13.4. The van der Waals surface area contributed by atoms with Crippen LogP contribution >= 0.6 is 0 Å². The summed E-state index contributed by atoms with van der Waals surface area (Å²) in [6.45, 7) is 4.04. The van der Waals surface area contributed by atoms with E-state index >= 15 is 0 Å². The Morgan fingerprint density at radius 2 is 1.57 bits per heavy atom. The van der Waals surface area contributed by atoms with Crippen molar-refractivity contribution in [2.75, 3.05) is 18.0 Å². The first-order valence-corrected chi connectivity index (χ1v) is 10.4. The summed E-state index contributed by atoms with van der Waals surface area (Å²) in [7, 11) is 0. The van der Waals surface area contributed by atoms with E-state index in [2.05, 4.69) is 19.1 Å². The molecule has 3 rings (SSSR count). The van der Waals surface area contributed by atoms with Crippen LogP contribution in [0.2, 0.25) is 0 Å². The minimum absolute atomic E-state index is 0.0286. The Kier molecular flexibility index (Phi) is 7.24. The van der Waals surface area contributed by atoms with Gasteiger partial charge in [0, 0.05) is 31.1 Å². The molecule has 0 N–H and O–H groups in total. The average molecular weight is 379 g/mol. The predicted octanol–water partition coefficient (Wildman–Crippen LogP) is 4.65. The van der Waals surface area contributed by atoms with E-state index in [0.717, 1.165) is 36.9 Å². The molecular weight excluding hydrogens is 348 g/mol. The number of nitrogens with zero attached hydrogens (tertiary/aromatic N) is 2. The number of rotatable bonds is 7. The molecule has 4 nitrogen and oxygen atoms in total. The summed E-state index contributed by atoms with van der Waals surface area (Å²) in [6.07, 6.45) is 4.09. The van der Waals surface area contributed by atoms with Gasteiger partial charge in [-0.15, -0.1) is 0 Å². The summed E-state index contributed by atoms with van der Waals surface area (Å²) >= 11 is 0. The molecule has 4 heteroatoms. The normalized spacial score (nSPS) is 14.7. The van der Waals surface area contributed by atoms with Crippen LogP contribution < -0.4 is 4.90 Å². The van der Waals surface area contributed by atoms with Gasteiger partial charge in [-0.1, -0.05) is 61.9 Å². The standard InChI is InChI=1S/C24H30N2O2/c1-2-3-14-23(27)25-17-15-21(16-18-25)24(28)26(22-12-8-5-9-13-22)19-20-10-6-4-7-11-20/h4-13,21H,2-3,14-19H2,1H3. The number of hydrogen-bond donors (Lipinski definition) is 0. The number of unbranched alkanes of at least 4 members (excludes halogenated alkanes) is 1. The van der Waals surface area contributed by atoms with Crippen LogP contribution in [0.25, 0.3) is 0 Å². The molecule has 0 saturated carbocycles. The van der Waals surface area contributed by atoms with E-state index in [1.807, 2.05) is 58.3 Å². The van der Waals surface area contributed by atoms with Gasteiger partial charge in [0.15, 0.2) is 0 Å². The van der Waals surface area contributed by atoms with Crippen molar-refractivity contribution in [1.82, 2.24) is 4.90 Å². The minimum Gasteiger partial charge on any atom is -0.343 e. The topological polar surface area (TPSA) is 40.6 Å². The van der Waals surface area contributed by atoms with Crippen LogP contribution in [0.4, 0.5) is 5.69 Å². The number of benzene rings is 2. The third-order valence-electron chi connectivity index (χ3n) is 5.46. The lowest BCUT2D eigenvalue weighted by Crippen LogP contribution is -2.44. The molecule has 0 atom stereocenters. The molecule has 1 saturated heterocycles. The summed E-state index contributed by atoms with van der Waals surface area (Å²) < 4.78 is 0. The number of carbonyl (C=O) groups is 2. The SMILES string of the molecule is CCCCC(=O)N1CCC(C(=O)N(Cc2ccccc2)c2ccccc2)CC1. The Morgan fingerprint density at radius 3 is 2.18 bits per heavy atom. The van der Waals surface area contributed by atoms with Gasteiger partial charge in [-0.3, -0.25) is 9.59 Å². The van der Waals surface area contributed by atoms with Gasteiger partial charge >= 0.3 is 0 Å². The molecule has 0 aliphatic carbocycles. The van der Waals surface area contributed by atoms with Gasteiger partial charge in [-0.25, -0.2) is 0 Å². The summed E-state index contributed by atoms with van der Waals surface area (Å²) in [5.74, 6) is 0.367. The summed E-state index contributed by atoms with van der Waals surface area (Å²) in [5, 5.41) is 0. The molecule has 28 heavy (non-hydrogen) atoms. The highest BCUT2D eigenvalue weighted by Gasteiger charge is 2.30. The van der Waals surface area contributed by atoms with E-state index in [1.54, 1.807) is 0 Å². The number of piperidine rings is 1. The lowest BCUT2D eigenvalue weighted by atomic mass is 9.94. The van der Waals surface area contributed by atoms with Crippen LogP contribution in [0.1, 0.15) is 44.6 Å². The van der Waals surface area contributed by atoms with E-state index < -0.39 is 0 Å². The van der Waals surface area contributed by atoms with Crippen molar-refractivity contribution < 1.29 is 9.59 Å². The second kappa shape index (κ2) is 10.1. The van der Waals surface area contributed by atoms with Gasteiger partial charge in [0.1, 0.15) is 0 Å². The number of hydrogen-bond acceptors (Lipinski definition) is 2. The van der Waals surface area contributed by atoms with Gasteiger partial charge < -0.3 is 9.80 Å². The quantitative estimate of drug-likeness (QED) is 0.704. The molecule has 0 radical (unpaired) electrons. The van der Waals surface area contributed by atoms with E-state index in [1.165, 1.54) is 0 Å². The largest absolute Gasteiger partial charge is 0.343 e. The maximum Gasteiger partial charge on any atom is 0.230 e. The maximum atomic E-state index is 13.4. The third-order valence-corrected chi connectivity index (χ3v) is 5.46. The Morgan fingerprint density at radius 1 is 0.964 bits per heavy atom. The van der Waals surface area contributed by atoms with Gasteiger partial charge in [0.2, 0.25) is 11.8 Å². The van der Waals surface area contributed by atoms with Crippen molar-refractivity contribution in [2.45, 2.75) is 45.6 Å². The summed E-state index contributed by atoms with van der Waals surface area (Å²) in [5.41, 5.74) is 2.05. The highest BCUT2D eigenvalue weighted by Crippen LogP contribution is 2.25. The van der Waals surface area contributed by atoms with E-state index in [4.69, 9.17) is 0 Å². The molecule has 0 aromatic heterocycles. The smallest absolute Gasteiger partial charge is 0.230 e. The molecule has 0 spiro atoms. The zero-order chi connectivity index (χ0) is 19.8. The molecule has 1 aliphatic heterocycles. The second-order valence-electron chi connectivity index (χ2n) is 7.50. The second-order valence-corrected chi connectivity index (χ2v) is 7.50. The zero-order valence-corrected chi connectivity index (χ0v) is 16.7. The van der Waals surface area contributed by atoms with Crippen molar-refractivity contribution in [3.63, 3.8) is 0 Å². The molecule has 1 heterocycles. The Balaban J connectivity index is 1.67. The van der Waals surface area contributed by atoms with Crippen LogP contribution in [0, 0.1) is 5.92 Å². The van der Waals surface area contributed by atoms with Crippen LogP contribution in [-0.4, -0.2) is 29.8 Å². The summed E-state index contributed by atoms with van der Waals surface area (Å²) in [4.78, 5) is 29.5. The fourth-order valence-electron chi connectivity index (χ4n) is 3.75. The fourth-order valence-corrected chi connectivity index (χ4v) is 3.75. The van der Waals surface area contributed by atoms with Gasteiger partial charge in [-0.05, 0) is 37.0 Å². The molecule has 1 aliphatic rings. The molecular formula is C24H30N2O2. The minimum atomic E-state index is -0.0286. The first kappa shape index (κ1) is 20.1. The molecule has 2 aromatic rings. The van der Waals surface area contributed by atoms with Gasteiger partial charge in [0.25, 0.3) is 0 Å². The van der Waals surface area contributed by atoms with Crippen molar-refractivity contribution in [1.29, 1.82) is 0 Å². The Labute approximate surface area is 168 Å². The van der Waals surface area contributed by atoms with Gasteiger partial charge in [-0.2, -0.15) is 0 Å². The van der Waals surface area contributed by atoms with Crippen LogP contribution in [0.5, 0.6) is 0 Å². The highest BCUT2D eigenvalue weighted by atomic mass is 16.2. The van der Waals surface area contributed by atoms with Gasteiger partial charge in [0.05, 0.1) is 6.54 Å². The summed E-state index contributed by atoms with van der Waals surface area (Å²) in [6, 6.07) is 20.0. The number of likely N-dealkylation sites (tertiary alicyclic amines) is 1. The number of amides is 2. The highest BCUT2D eigenvalue weighted by molar-refractivity contribution is 5.95. The Bertz CT molecular complexity index is 753. The molecule has 0 unspecified atom stereocenters.